The summed E-state index contributed by atoms with van der Waals surface area (Å²) in [4.78, 5) is 14.5. The molecule has 4 aromatic carbocycles. The maximum atomic E-state index is 14.5. The van der Waals surface area contributed by atoms with Gasteiger partial charge in [-0.2, -0.15) is 4.98 Å². The third-order valence-electron chi connectivity index (χ3n) is 9.79. The average Bonchev–Trinajstić information content (AvgIpc) is 3.81. The Morgan fingerprint density at radius 1 is 0.837 bits per heavy atom. The van der Waals surface area contributed by atoms with Gasteiger partial charge in [0.25, 0.3) is 6.01 Å². The van der Waals surface area contributed by atoms with Gasteiger partial charge in [-0.05, 0) is 85.8 Å². The van der Waals surface area contributed by atoms with E-state index in [4.69, 9.17) is 28.6 Å². The summed E-state index contributed by atoms with van der Waals surface area (Å²) in [7, 11) is 3.34. The van der Waals surface area contributed by atoms with E-state index in [2.05, 4.69) is 62.9 Å². The van der Waals surface area contributed by atoms with Crippen LogP contribution in [0.3, 0.4) is 0 Å². The molecule has 9 nitrogen and oxygen atoms in total. The van der Waals surface area contributed by atoms with Gasteiger partial charge in [-0.25, -0.2) is 9.37 Å². The van der Waals surface area contributed by atoms with Gasteiger partial charge in [-0.1, -0.05) is 24.3 Å². The molecule has 0 unspecified atom stereocenters. The fourth-order valence-electron chi connectivity index (χ4n) is 7.03. The number of halogens is 1. The molecule has 0 radical (unpaired) electrons. The summed E-state index contributed by atoms with van der Waals surface area (Å²) in [6.45, 7) is 5.29. The van der Waals surface area contributed by atoms with Crippen LogP contribution in [0.4, 0.5) is 16.1 Å². The minimum absolute atomic E-state index is 0.183. The summed E-state index contributed by atoms with van der Waals surface area (Å²) in [5.74, 6) is 3.28. The third kappa shape index (κ3) is 6.00. The van der Waals surface area contributed by atoms with E-state index in [1.807, 2.05) is 37.3 Å². The summed E-state index contributed by atoms with van der Waals surface area (Å²) < 4.78 is 40.2. The molecule has 1 saturated heterocycles. The first-order valence-corrected chi connectivity index (χ1v) is 17.0. The molecule has 4 heterocycles. The topological polar surface area (TPSA) is 78.0 Å². The van der Waals surface area contributed by atoms with Crippen molar-refractivity contribution < 1.29 is 23.0 Å². The third-order valence-corrected chi connectivity index (χ3v) is 9.79. The predicted molar refractivity (Wildman–Crippen MR) is 190 cm³/mol. The number of hydrogen-bond acceptors (Lipinski definition) is 8. The van der Waals surface area contributed by atoms with E-state index in [1.54, 1.807) is 14.2 Å². The summed E-state index contributed by atoms with van der Waals surface area (Å²) in [6.07, 6.45) is 1.62. The number of benzene rings is 4. The zero-order chi connectivity index (χ0) is 33.5. The van der Waals surface area contributed by atoms with Crippen LogP contribution >= 0.6 is 0 Å². The number of aryl methyl sites for hydroxylation is 1. The minimum atomic E-state index is -0.838. The molecule has 0 saturated carbocycles. The van der Waals surface area contributed by atoms with Gasteiger partial charge >= 0.3 is 0 Å². The van der Waals surface area contributed by atoms with Crippen LogP contribution in [-0.4, -0.2) is 54.1 Å². The monoisotopic (exact) mass is 661 g/mol. The van der Waals surface area contributed by atoms with Gasteiger partial charge < -0.3 is 33.0 Å². The number of anilines is 2. The number of oxazole rings is 1. The second-order valence-corrected chi connectivity index (χ2v) is 12.9. The lowest BCUT2D eigenvalue weighted by atomic mass is 10.1. The van der Waals surface area contributed by atoms with Crippen LogP contribution in [0.5, 0.6) is 17.2 Å². The molecule has 49 heavy (non-hydrogen) atoms. The van der Waals surface area contributed by atoms with Crippen LogP contribution in [-0.2, 0) is 19.6 Å². The molecule has 2 atom stereocenters. The number of alkyl halides is 1. The Morgan fingerprint density at radius 2 is 1.55 bits per heavy atom. The van der Waals surface area contributed by atoms with Crippen molar-refractivity contribution in [3.8, 4) is 28.6 Å². The number of ether oxygens (including phenoxy) is 3. The number of fused-ring (bicyclic) bond motifs is 1. The van der Waals surface area contributed by atoms with Crippen LogP contribution in [0.2, 0.25) is 0 Å². The molecule has 0 spiro atoms. The lowest BCUT2D eigenvalue weighted by Crippen LogP contribution is -2.30. The van der Waals surface area contributed by atoms with Gasteiger partial charge in [0.1, 0.15) is 40.3 Å². The Balaban J connectivity index is 1.16. The van der Waals surface area contributed by atoms with Crippen molar-refractivity contribution in [1.29, 1.82) is 0 Å². The van der Waals surface area contributed by atoms with Crippen LogP contribution in [0.25, 0.3) is 33.5 Å². The van der Waals surface area contributed by atoms with Crippen LogP contribution < -0.4 is 24.0 Å². The fraction of sp³-hybridized carbons (Fsp3) is 0.333. The van der Waals surface area contributed by atoms with Gasteiger partial charge in [0, 0.05) is 43.5 Å². The van der Waals surface area contributed by atoms with Crippen molar-refractivity contribution in [3.05, 3.63) is 90.0 Å². The molecule has 1 fully saturated rings. The molecule has 2 aliphatic heterocycles. The van der Waals surface area contributed by atoms with Crippen LogP contribution in [0.15, 0.2) is 83.3 Å². The van der Waals surface area contributed by atoms with Gasteiger partial charge in [-0.15, -0.1) is 0 Å². The summed E-state index contributed by atoms with van der Waals surface area (Å²) in [5.41, 5.74) is 7.41. The molecular weight excluding hydrogens is 621 g/mol. The lowest BCUT2D eigenvalue weighted by Gasteiger charge is -2.25. The lowest BCUT2D eigenvalue weighted by molar-refractivity contribution is 0.299. The average molecular weight is 662 g/mol. The molecular formula is C39H40FN5O4. The van der Waals surface area contributed by atoms with Gasteiger partial charge in [0.05, 0.1) is 32.4 Å². The highest BCUT2D eigenvalue weighted by Gasteiger charge is 2.32. The van der Waals surface area contributed by atoms with Crippen LogP contribution in [0, 0.1) is 0 Å². The van der Waals surface area contributed by atoms with Crippen molar-refractivity contribution >= 4 is 33.8 Å². The number of rotatable bonds is 9. The molecule has 2 aromatic heterocycles. The quantitative estimate of drug-likeness (QED) is 0.154. The number of hydrogen-bond donors (Lipinski definition) is 0. The zero-order valence-corrected chi connectivity index (χ0v) is 28.1. The molecule has 0 aliphatic carbocycles. The van der Waals surface area contributed by atoms with Crippen molar-refractivity contribution in [2.75, 3.05) is 37.2 Å². The first kappa shape index (κ1) is 31.0. The molecule has 2 aliphatic rings. The highest BCUT2D eigenvalue weighted by Crippen LogP contribution is 2.39. The van der Waals surface area contributed by atoms with E-state index in [-0.39, 0.29) is 6.04 Å². The maximum absolute atomic E-state index is 14.5. The maximum Gasteiger partial charge on any atom is 0.298 e. The predicted octanol–water partition coefficient (Wildman–Crippen LogP) is 8.18. The Hall–Kier alpha value is -5.25. The Morgan fingerprint density at radius 3 is 2.20 bits per heavy atom. The van der Waals surface area contributed by atoms with Crippen molar-refractivity contribution in [3.63, 3.8) is 0 Å². The minimum Gasteiger partial charge on any atom is -0.497 e. The zero-order valence-electron chi connectivity index (χ0n) is 28.1. The smallest absolute Gasteiger partial charge is 0.298 e. The second-order valence-electron chi connectivity index (χ2n) is 12.9. The summed E-state index contributed by atoms with van der Waals surface area (Å²) in [6, 6.07) is 26.7. The van der Waals surface area contributed by atoms with E-state index in [0.29, 0.717) is 44.3 Å². The Labute approximate surface area is 284 Å². The Kier molecular flexibility index (Phi) is 8.23. The summed E-state index contributed by atoms with van der Waals surface area (Å²) >= 11 is 0. The fourth-order valence-corrected chi connectivity index (χ4v) is 7.03. The second kappa shape index (κ2) is 13.0. The number of methoxy groups -OCH3 is 2. The van der Waals surface area contributed by atoms with Crippen LogP contribution in [0.1, 0.15) is 37.3 Å². The highest BCUT2D eigenvalue weighted by atomic mass is 19.1. The van der Waals surface area contributed by atoms with E-state index >= 15 is 0 Å². The Bertz CT molecular complexity index is 2040. The number of aromatic nitrogens is 3. The molecule has 10 heteroatoms. The normalized spacial score (nSPS) is 17.6. The van der Waals surface area contributed by atoms with Crippen molar-refractivity contribution in [2.24, 2.45) is 0 Å². The highest BCUT2D eigenvalue weighted by molar-refractivity contribution is 5.91. The van der Waals surface area contributed by atoms with Crippen molar-refractivity contribution in [1.82, 2.24) is 14.5 Å². The molecule has 0 N–H and O–H groups in total. The first-order valence-electron chi connectivity index (χ1n) is 17.0. The largest absolute Gasteiger partial charge is 0.497 e. The molecule has 6 aromatic rings. The van der Waals surface area contributed by atoms with E-state index in [0.717, 1.165) is 81.4 Å². The van der Waals surface area contributed by atoms with E-state index in [9.17, 15) is 4.39 Å². The van der Waals surface area contributed by atoms with Gasteiger partial charge in [0.2, 0.25) is 0 Å². The number of imidazole rings is 1. The molecule has 0 amide bonds. The number of nitrogens with zero attached hydrogens (tertiary/aromatic N) is 5. The van der Waals surface area contributed by atoms with E-state index in [1.165, 1.54) is 0 Å². The summed E-state index contributed by atoms with van der Waals surface area (Å²) in [5, 5.41) is 0. The van der Waals surface area contributed by atoms with Gasteiger partial charge in [-0.3, -0.25) is 0 Å². The van der Waals surface area contributed by atoms with Crippen molar-refractivity contribution in [2.45, 2.75) is 58.0 Å². The molecule has 0 bridgehead atoms. The standard InChI is InChI=1S/C39H40FN5O4/c1-25-32(40)16-18-44(25)29-21-34-37-36(22-29)48-19-5-4-17-45(37)38(41-34)28-10-15-35-33(20-28)42-39(49-35)43(23-26-6-11-30(46-2)12-7-26)24-27-8-13-31(47-3)14-9-27/h6-15,20-22,25,32H,4-5,16-19,23-24H2,1-3H3/t25-,32+/m1/s1. The van der Waals surface area contributed by atoms with Gasteiger partial charge in [0.15, 0.2) is 5.58 Å². The van der Waals surface area contributed by atoms with E-state index < -0.39 is 6.17 Å². The first-order chi connectivity index (χ1) is 24.0. The molecule has 8 rings (SSSR count). The SMILES string of the molecule is COc1ccc(CN(Cc2ccc(OC)cc2)c2nc3cc(-c4nc5cc(N6CC[C@H](F)[C@H]6C)cc6c5n4CCCCO6)ccc3o2)cc1. The molecule has 252 valence electrons.